The lowest BCUT2D eigenvalue weighted by molar-refractivity contribution is 0.0384. The molecule has 1 saturated heterocycles. The van der Waals surface area contributed by atoms with Crippen molar-refractivity contribution >= 4 is 5.82 Å². The van der Waals surface area contributed by atoms with E-state index in [-0.39, 0.29) is 0 Å². The minimum absolute atomic E-state index is 0.433. The van der Waals surface area contributed by atoms with Crippen LogP contribution in [-0.4, -0.2) is 67.3 Å². The lowest BCUT2D eigenvalue weighted by atomic mass is 10.2. The molecule has 9 heteroatoms. The molecule has 130 valence electrons. The molecule has 9 nitrogen and oxygen atoms in total. The molecule has 1 fully saturated rings. The fraction of sp³-hybridized carbons (Fsp3) is 0.375. The van der Waals surface area contributed by atoms with Gasteiger partial charge in [-0.25, -0.2) is 9.36 Å². The Balaban J connectivity index is 1.67. The zero-order chi connectivity index (χ0) is 17.1. The summed E-state index contributed by atoms with van der Waals surface area (Å²) in [6, 6.07) is 3.68. The van der Waals surface area contributed by atoms with Gasteiger partial charge in [0.1, 0.15) is 5.82 Å². The van der Waals surface area contributed by atoms with Gasteiger partial charge in [-0.3, -0.25) is 4.90 Å². The molecule has 3 aromatic heterocycles. The van der Waals surface area contributed by atoms with E-state index in [4.69, 9.17) is 10.5 Å². The van der Waals surface area contributed by atoms with Crippen LogP contribution in [0.3, 0.4) is 0 Å². The van der Waals surface area contributed by atoms with E-state index < -0.39 is 0 Å². The van der Waals surface area contributed by atoms with Gasteiger partial charge in [-0.1, -0.05) is 0 Å². The van der Waals surface area contributed by atoms with E-state index in [1.165, 1.54) is 0 Å². The highest BCUT2D eigenvalue weighted by Gasteiger charge is 2.18. The summed E-state index contributed by atoms with van der Waals surface area (Å²) in [6.45, 7) is 4.30. The van der Waals surface area contributed by atoms with Crippen LogP contribution in [0, 0.1) is 0 Å². The minimum atomic E-state index is 0.433. The van der Waals surface area contributed by atoms with Gasteiger partial charge >= 0.3 is 0 Å². The summed E-state index contributed by atoms with van der Waals surface area (Å²) >= 11 is 0. The van der Waals surface area contributed by atoms with Crippen LogP contribution >= 0.6 is 0 Å². The zero-order valence-electron chi connectivity index (χ0n) is 13.8. The SMILES string of the molecule is Nc1nc(-n2cccn2)nc(-n2cccn2)c1CCN1CCOCC1. The molecular formula is C16H20N8O. The van der Waals surface area contributed by atoms with E-state index in [2.05, 4.69) is 25.1 Å². The third-order valence-corrected chi connectivity index (χ3v) is 4.22. The van der Waals surface area contributed by atoms with E-state index in [1.54, 1.807) is 28.0 Å². The van der Waals surface area contributed by atoms with Gasteiger partial charge in [-0.15, -0.1) is 0 Å². The first-order valence-corrected chi connectivity index (χ1v) is 8.28. The van der Waals surface area contributed by atoms with Gasteiger partial charge in [-0.05, 0) is 18.6 Å². The Hall–Kier alpha value is -2.78. The summed E-state index contributed by atoms with van der Waals surface area (Å²) in [5.41, 5.74) is 7.17. The van der Waals surface area contributed by atoms with E-state index in [0.29, 0.717) is 17.6 Å². The molecule has 1 aliphatic rings. The minimum Gasteiger partial charge on any atom is -0.383 e. The highest BCUT2D eigenvalue weighted by atomic mass is 16.5. The summed E-state index contributed by atoms with van der Waals surface area (Å²) in [4.78, 5) is 11.4. The van der Waals surface area contributed by atoms with Crippen LogP contribution in [0.2, 0.25) is 0 Å². The molecular weight excluding hydrogens is 320 g/mol. The Labute approximate surface area is 145 Å². The fourth-order valence-corrected chi connectivity index (χ4v) is 2.88. The molecule has 3 aromatic rings. The summed E-state index contributed by atoms with van der Waals surface area (Å²) < 4.78 is 8.71. The molecule has 0 spiro atoms. The van der Waals surface area contributed by atoms with Gasteiger partial charge in [0.2, 0.25) is 0 Å². The van der Waals surface area contributed by atoms with Crippen LogP contribution in [0.15, 0.2) is 36.9 Å². The first kappa shape index (κ1) is 15.7. The molecule has 25 heavy (non-hydrogen) atoms. The van der Waals surface area contributed by atoms with Crippen LogP contribution in [0.5, 0.6) is 0 Å². The van der Waals surface area contributed by atoms with Gasteiger partial charge in [0.25, 0.3) is 5.95 Å². The lowest BCUT2D eigenvalue weighted by Crippen LogP contribution is -2.37. The summed E-state index contributed by atoms with van der Waals surface area (Å²) in [5, 5.41) is 8.50. The third-order valence-electron chi connectivity index (χ3n) is 4.22. The Morgan fingerprint density at radius 1 is 1.00 bits per heavy atom. The molecule has 0 unspecified atom stereocenters. The predicted octanol–water partition coefficient (Wildman–Crippen LogP) is 0.305. The topological polar surface area (TPSA) is 99.9 Å². The van der Waals surface area contributed by atoms with Gasteiger partial charge in [-0.2, -0.15) is 20.2 Å². The van der Waals surface area contributed by atoms with Crippen molar-refractivity contribution in [2.75, 3.05) is 38.6 Å². The molecule has 0 atom stereocenters. The number of nitrogens with two attached hydrogens (primary N) is 1. The van der Waals surface area contributed by atoms with E-state index >= 15 is 0 Å². The fourth-order valence-electron chi connectivity index (χ4n) is 2.88. The van der Waals surface area contributed by atoms with Crippen molar-refractivity contribution in [3.63, 3.8) is 0 Å². The molecule has 1 aliphatic heterocycles. The number of ether oxygens (including phenoxy) is 1. The summed E-state index contributed by atoms with van der Waals surface area (Å²) in [6.07, 6.45) is 7.79. The molecule has 0 aromatic carbocycles. The van der Waals surface area contributed by atoms with Crippen molar-refractivity contribution in [3.05, 3.63) is 42.5 Å². The number of nitrogen functional groups attached to an aromatic ring is 1. The van der Waals surface area contributed by atoms with E-state index in [9.17, 15) is 0 Å². The second kappa shape index (κ2) is 6.99. The second-order valence-corrected chi connectivity index (χ2v) is 5.82. The number of hydrogen-bond donors (Lipinski definition) is 1. The maximum Gasteiger partial charge on any atom is 0.254 e. The van der Waals surface area contributed by atoms with E-state index in [1.807, 2.05) is 18.3 Å². The summed E-state index contributed by atoms with van der Waals surface area (Å²) in [5.74, 6) is 1.58. The standard InChI is InChI=1S/C16H20N8O/c17-14-13(3-8-22-9-11-25-12-10-22)15(23-6-1-4-18-23)21-16(20-14)24-7-2-5-19-24/h1-2,4-7H,3,8-12H2,(H2,17,20,21). The molecule has 4 heterocycles. The first-order valence-electron chi connectivity index (χ1n) is 8.28. The molecule has 2 N–H and O–H groups in total. The molecule has 0 amide bonds. The monoisotopic (exact) mass is 340 g/mol. The maximum absolute atomic E-state index is 6.27. The average molecular weight is 340 g/mol. The van der Waals surface area contributed by atoms with Crippen LogP contribution in [0.25, 0.3) is 11.8 Å². The molecule has 0 radical (unpaired) electrons. The second-order valence-electron chi connectivity index (χ2n) is 5.82. The van der Waals surface area contributed by atoms with Crippen molar-refractivity contribution in [2.45, 2.75) is 6.42 Å². The van der Waals surface area contributed by atoms with Crippen LogP contribution in [0.1, 0.15) is 5.56 Å². The highest BCUT2D eigenvalue weighted by Crippen LogP contribution is 2.20. The van der Waals surface area contributed by atoms with Gasteiger partial charge in [0.05, 0.1) is 13.2 Å². The quantitative estimate of drug-likeness (QED) is 0.713. The maximum atomic E-state index is 6.27. The average Bonchev–Trinajstić information content (AvgIpc) is 3.35. The molecule has 0 aliphatic carbocycles. The Morgan fingerprint density at radius 3 is 2.40 bits per heavy atom. The van der Waals surface area contributed by atoms with Crippen molar-refractivity contribution < 1.29 is 4.74 Å². The Kier molecular flexibility index (Phi) is 4.40. The normalized spacial score (nSPS) is 15.5. The van der Waals surface area contributed by atoms with Crippen molar-refractivity contribution in [3.8, 4) is 11.8 Å². The molecule has 0 bridgehead atoms. The Morgan fingerprint density at radius 2 is 1.72 bits per heavy atom. The number of hydrogen-bond acceptors (Lipinski definition) is 7. The first-order chi connectivity index (χ1) is 12.3. The molecule has 4 rings (SSSR count). The summed E-state index contributed by atoms with van der Waals surface area (Å²) in [7, 11) is 0. The van der Waals surface area contributed by atoms with Crippen LogP contribution < -0.4 is 5.73 Å². The van der Waals surface area contributed by atoms with Crippen molar-refractivity contribution in [2.24, 2.45) is 0 Å². The predicted molar refractivity (Wildman–Crippen MR) is 91.7 cm³/mol. The van der Waals surface area contributed by atoms with Gasteiger partial charge in [0.15, 0.2) is 5.82 Å². The smallest absolute Gasteiger partial charge is 0.254 e. The van der Waals surface area contributed by atoms with Crippen molar-refractivity contribution in [1.82, 2.24) is 34.4 Å². The van der Waals surface area contributed by atoms with Crippen LogP contribution in [0.4, 0.5) is 5.82 Å². The van der Waals surface area contributed by atoms with Crippen molar-refractivity contribution in [1.29, 1.82) is 0 Å². The largest absolute Gasteiger partial charge is 0.383 e. The number of rotatable bonds is 5. The lowest BCUT2D eigenvalue weighted by Gasteiger charge is -2.26. The third kappa shape index (κ3) is 3.37. The highest BCUT2D eigenvalue weighted by molar-refractivity contribution is 5.51. The van der Waals surface area contributed by atoms with Gasteiger partial charge in [0, 0.05) is 50.0 Å². The number of aromatic nitrogens is 6. The zero-order valence-corrected chi connectivity index (χ0v) is 13.8. The van der Waals surface area contributed by atoms with Crippen LogP contribution in [-0.2, 0) is 11.2 Å². The number of anilines is 1. The van der Waals surface area contributed by atoms with E-state index in [0.717, 1.165) is 44.8 Å². The number of morpholine rings is 1. The Bertz CT molecular complexity index is 809. The number of nitrogens with zero attached hydrogens (tertiary/aromatic N) is 7. The van der Waals surface area contributed by atoms with Gasteiger partial charge < -0.3 is 10.5 Å². The molecule has 0 saturated carbocycles.